The standard InChI is InChI=1S/C18H18F3N3O5S2/c19-18(20,21)29-13-3-5-14(6-4-13)31(27,28)24-9-7-23(8-10-24)16(25)12-22-17(26)15-2-1-11-30-15/h1-6,11H,7-10,12H2,(H,22,26). The number of halogens is 3. The number of thiophene rings is 1. The number of ether oxygens (including phenoxy) is 1. The highest BCUT2D eigenvalue weighted by Crippen LogP contribution is 2.25. The van der Waals surface area contributed by atoms with Crippen LogP contribution in [0.5, 0.6) is 5.75 Å². The van der Waals surface area contributed by atoms with Gasteiger partial charge in [0.2, 0.25) is 15.9 Å². The Kier molecular flexibility index (Phi) is 6.86. The second-order valence-electron chi connectivity index (χ2n) is 6.46. The Morgan fingerprint density at radius 3 is 2.26 bits per heavy atom. The molecule has 0 bridgehead atoms. The first kappa shape index (κ1) is 23.0. The smallest absolute Gasteiger partial charge is 0.406 e. The molecule has 0 saturated carbocycles. The maximum atomic E-state index is 12.7. The number of nitrogens with one attached hydrogen (secondary N) is 1. The molecule has 0 unspecified atom stereocenters. The fourth-order valence-electron chi connectivity index (χ4n) is 2.90. The minimum atomic E-state index is -4.87. The van der Waals surface area contributed by atoms with Crippen LogP contribution >= 0.6 is 11.3 Å². The van der Waals surface area contributed by atoms with Crippen molar-refractivity contribution in [2.24, 2.45) is 0 Å². The number of nitrogens with zero attached hydrogens (tertiary/aromatic N) is 2. The highest BCUT2D eigenvalue weighted by atomic mass is 32.2. The Labute approximate surface area is 180 Å². The zero-order valence-electron chi connectivity index (χ0n) is 16.0. The Balaban J connectivity index is 1.53. The van der Waals surface area contributed by atoms with Crippen molar-refractivity contribution in [1.82, 2.24) is 14.5 Å². The molecule has 1 aliphatic heterocycles. The lowest BCUT2D eigenvalue weighted by molar-refractivity contribution is -0.274. The second-order valence-corrected chi connectivity index (χ2v) is 9.35. The molecular weight excluding hydrogens is 459 g/mol. The predicted molar refractivity (Wildman–Crippen MR) is 105 cm³/mol. The van der Waals surface area contributed by atoms with Crippen LogP contribution in [0.4, 0.5) is 13.2 Å². The Morgan fingerprint density at radius 1 is 1.06 bits per heavy atom. The summed E-state index contributed by atoms with van der Waals surface area (Å²) in [6, 6.07) is 7.28. The van der Waals surface area contributed by atoms with Crippen LogP contribution in [0.1, 0.15) is 9.67 Å². The van der Waals surface area contributed by atoms with Gasteiger partial charge in [-0.25, -0.2) is 8.42 Å². The average Bonchev–Trinajstić information content (AvgIpc) is 3.26. The molecule has 1 aromatic heterocycles. The number of hydrogen-bond acceptors (Lipinski definition) is 6. The van der Waals surface area contributed by atoms with Crippen LogP contribution in [0.15, 0.2) is 46.7 Å². The van der Waals surface area contributed by atoms with Gasteiger partial charge in [0.15, 0.2) is 0 Å². The lowest BCUT2D eigenvalue weighted by atomic mass is 10.3. The van der Waals surface area contributed by atoms with Gasteiger partial charge in [-0.1, -0.05) is 6.07 Å². The first-order chi connectivity index (χ1) is 14.6. The van der Waals surface area contributed by atoms with Crippen molar-refractivity contribution in [3.63, 3.8) is 0 Å². The van der Waals surface area contributed by atoms with E-state index in [1.54, 1.807) is 17.5 Å². The molecule has 8 nitrogen and oxygen atoms in total. The summed E-state index contributed by atoms with van der Waals surface area (Å²) in [5.74, 6) is -1.22. The van der Waals surface area contributed by atoms with E-state index < -0.39 is 22.1 Å². The number of sulfonamides is 1. The summed E-state index contributed by atoms with van der Waals surface area (Å²) in [5.41, 5.74) is 0. The fraction of sp³-hybridized carbons (Fsp3) is 0.333. The third-order valence-electron chi connectivity index (χ3n) is 4.43. The van der Waals surface area contributed by atoms with Crippen LogP contribution in [-0.4, -0.2) is 68.5 Å². The Bertz CT molecular complexity index is 1020. The van der Waals surface area contributed by atoms with Gasteiger partial charge in [0.05, 0.1) is 16.3 Å². The van der Waals surface area contributed by atoms with Crippen LogP contribution in [0.3, 0.4) is 0 Å². The predicted octanol–water partition coefficient (Wildman–Crippen LogP) is 1.91. The van der Waals surface area contributed by atoms with Crippen molar-refractivity contribution in [2.45, 2.75) is 11.3 Å². The first-order valence-corrected chi connectivity index (χ1v) is 11.3. The summed E-state index contributed by atoms with van der Waals surface area (Å²) >= 11 is 1.25. The normalized spacial score (nSPS) is 15.5. The molecule has 2 heterocycles. The Hall–Kier alpha value is -2.64. The molecule has 13 heteroatoms. The summed E-state index contributed by atoms with van der Waals surface area (Å²) in [6.07, 6.45) is -4.87. The van der Waals surface area contributed by atoms with Gasteiger partial charge < -0.3 is 15.0 Å². The molecular formula is C18H18F3N3O5S2. The Morgan fingerprint density at radius 2 is 1.71 bits per heavy atom. The lowest BCUT2D eigenvalue weighted by Crippen LogP contribution is -2.52. The third-order valence-corrected chi connectivity index (χ3v) is 7.21. The fourth-order valence-corrected chi connectivity index (χ4v) is 4.97. The van der Waals surface area contributed by atoms with Crippen molar-refractivity contribution in [3.05, 3.63) is 46.7 Å². The van der Waals surface area contributed by atoms with Crippen LogP contribution in [0.25, 0.3) is 0 Å². The maximum absolute atomic E-state index is 12.7. The quantitative estimate of drug-likeness (QED) is 0.686. The number of piperazine rings is 1. The first-order valence-electron chi connectivity index (χ1n) is 9.02. The molecule has 2 amide bonds. The molecule has 1 fully saturated rings. The molecule has 31 heavy (non-hydrogen) atoms. The van der Waals surface area contributed by atoms with Gasteiger partial charge in [0.1, 0.15) is 5.75 Å². The molecule has 1 aromatic carbocycles. The zero-order chi connectivity index (χ0) is 22.6. The van der Waals surface area contributed by atoms with Crippen LogP contribution in [0.2, 0.25) is 0 Å². The van der Waals surface area contributed by atoms with E-state index in [4.69, 9.17) is 0 Å². The van der Waals surface area contributed by atoms with Crippen molar-refractivity contribution >= 4 is 33.2 Å². The lowest BCUT2D eigenvalue weighted by Gasteiger charge is -2.34. The van der Waals surface area contributed by atoms with Gasteiger partial charge in [-0.2, -0.15) is 4.31 Å². The number of amides is 2. The minimum Gasteiger partial charge on any atom is -0.406 e. The molecule has 0 atom stereocenters. The molecule has 0 radical (unpaired) electrons. The monoisotopic (exact) mass is 477 g/mol. The summed E-state index contributed by atoms with van der Waals surface area (Å²) < 4.78 is 67.0. The van der Waals surface area contributed by atoms with Gasteiger partial charge in [-0.05, 0) is 35.7 Å². The summed E-state index contributed by atoms with van der Waals surface area (Å²) in [7, 11) is -3.94. The summed E-state index contributed by atoms with van der Waals surface area (Å²) in [6.45, 7) is 0.0933. The van der Waals surface area contributed by atoms with Gasteiger partial charge in [-0.15, -0.1) is 24.5 Å². The van der Waals surface area contributed by atoms with Crippen LogP contribution in [-0.2, 0) is 14.8 Å². The number of carbonyl (C=O) groups is 2. The van der Waals surface area contributed by atoms with E-state index in [0.717, 1.165) is 28.6 Å². The minimum absolute atomic E-state index is 0.0216. The van der Waals surface area contributed by atoms with Gasteiger partial charge >= 0.3 is 6.36 Å². The molecule has 1 saturated heterocycles. The molecule has 0 spiro atoms. The zero-order valence-corrected chi connectivity index (χ0v) is 17.6. The van der Waals surface area contributed by atoms with E-state index in [1.165, 1.54) is 16.2 Å². The molecule has 3 rings (SSSR count). The molecule has 0 aliphatic carbocycles. The van der Waals surface area contributed by atoms with E-state index in [-0.39, 0.29) is 49.4 Å². The van der Waals surface area contributed by atoms with Crippen molar-refractivity contribution in [2.75, 3.05) is 32.7 Å². The van der Waals surface area contributed by atoms with E-state index in [2.05, 4.69) is 10.1 Å². The molecule has 1 aliphatic rings. The average molecular weight is 477 g/mol. The van der Waals surface area contributed by atoms with Crippen molar-refractivity contribution in [3.8, 4) is 5.75 Å². The second kappa shape index (κ2) is 9.24. The summed E-state index contributed by atoms with van der Waals surface area (Å²) in [5, 5.41) is 4.27. The topological polar surface area (TPSA) is 96.0 Å². The van der Waals surface area contributed by atoms with E-state index in [1.807, 2.05) is 0 Å². The van der Waals surface area contributed by atoms with Gasteiger partial charge in [0.25, 0.3) is 5.91 Å². The largest absolute Gasteiger partial charge is 0.573 e. The van der Waals surface area contributed by atoms with Gasteiger partial charge in [0, 0.05) is 26.2 Å². The number of hydrogen-bond donors (Lipinski definition) is 1. The number of carbonyl (C=O) groups excluding carboxylic acids is 2. The maximum Gasteiger partial charge on any atom is 0.573 e. The molecule has 1 N–H and O–H groups in total. The number of rotatable bonds is 6. The number of benzene rings is 1. The van der Waals surface area contributed by atoms with E-state index >= 15 is 0 Å². The highest BCUT2D eigenvalue weighted by Gasteiger charge is 2.32. The van der Waals surface area contributed by atoms with Gasteiger partial charge in [-0.3, -0.25) is 9.59 Å². The van der Waals surface area contributed by atoms with Crippen molar-refractivity contribution < 1.29 is 35.9 Å². The van der Waals surface area contributed by atoms with E-state index in [0.29, 0.717) is 4.88 Å². The number of alkyl halides is 3. The molecule has 2 aromatic rings. The van der Waals surface area contributed by atoms with Crippen LogP contribution < -0.4 is 10.1 Å². The SMILES string of the molecule is O=C(NCC(=O)N1CCN(S(=O)(=O)c2ccc(OC(F)(F)F)cc2)CC1)c1cccs1. The third kappa shape index (κ3) is 5.95. The molecule has 168 valence electrons. The van der Waals surface area contributed by atoms with E-state index in [9.17, 15) is 31.2 Å². The van der Waals surface area contributed by atoms with Crippen molar-refractivity contribution in [1.29, 1.82) is 0 Å². The van der Waals surface area contributed by atoms with Crippen LogP contribution in [0, 0.1) is 0 Å². The summed E-state index contributed by atoms with van der Waals surface area (Å²) in [4.78, 5) is 25.9. The highest BCUT2D eigenvalue weighted by molar-refractivity contribution is 7.89.